The van der Waals surface area contributed by atoms with Gasteiger partial charge in [0.05, 0.1) is 18.9 Å². The molecule has 1 N–H and O–H groups in total. The number of rotatable bonds is 9. The fourth-order valence-electron chi connectivity index (χ4n) is 3.33. The first-order valence-corrected chi connectivity index (χ1v) is 11.0. The van der Waals surface area contributed by atoms with Crippen molar-refractivity contribution in [3.8, 4) is 0 Å². The van der Waals surface area contributed by atoms with Crippen LogP contribution in [-0.2, 0) is 22.5 Å². The van der Waals surface area contributed by atoms with E-state index in [0.717, 1.165) is 16.5 Å². The van der Waals surface area contributed by atoms with Gasteiger partial charge in [-0.05, 0) is 18.6 Å². The smallest absolute Gasteiger partial charge is 0.313 e. The van der Waals surface area contributed by atoms with Gasteiger partial charge in [0, 0.05) is 22.7 Å². The molecule has 2 heterocycles. The van der Waals surface area contributed by atoms with Crippen LogP contribution in [0.5, 0.6) is 0 Å². The number of thioether (sulfide) groups is 1. The molecular formula is C23H22N4O3S. The maximum atomic E-state index is 12.9. The number of benzene rings is 2. The van der Waals surface area contributed by atoms with Crippen LogP contribution in [0, 0.1) is 0 Å². The number of para-hydroxylation sites is 1. The fraction of sp³-hybridized carbons (Fsp3) is 0.217. The molecule has 0 fully saturated rings. The predicted octanol–water partition coefficient (Wildman–Crippen LogP) is 3.89. The van der Waals surface area contributed by atoms with Crippen molar-refractivity contribution in [2.45, 2.75) is 25.0 Å². The molecule has 0 bridgehead atoms. The predicted molar refractivity (Wildman–Crippen MR) is 119 cm³/mol. The summed E-state index contributed by atoms with van der Waals surface area (Å²) in [5.41, 5.74) is 2.64. The van der Waals surface area contributed by atoms with Gasteiger partial charge < -0.3 is 14.3 Å². The molecule has 0 aliphatic carbocycles. The number of H-pyrrole nitrogens is 1. The third-order valence-corrected chi connectivity index (χ3v) is 5.77. The van der Waals surface area contributed by atoms with Crippen molar-refractivity contribution in [2.75, 3.05) is 12.4 Å². The van der Waals surface area contributed by atoms with Crippen molar-refractivity contribution in [3.05, 3.63) is 77.7 Å². The number of aromatic nitrogens is 4. The minimum atomic E-state index is -0.351. The van der Waals surface area contributed by atoms with Crippen molar-refractivity contribution < 1.29 is 14.3 Å². The number of ether oxygens (including phenoxy) is 1. The lowest BCUT2D eigenvalue weighted by Gasteiger charge is -2.10. The van der Waals surface area contributed by atoms with E-state index in [4.69, 9.17) is 4.74 Å². The molecule has 0 aliphatic heterocycles. The lowest BCUT2D eigenvalue weighted by Crippen LogP contribution is -2.14. The number of hydrogen-bond acceptors (Lipinski definition) is 6. The molecule has 2 aromatic carbocycles. The third-order valence-electron chi connectivity index (χ3n) is 4.81. The second kappa shape index (κ2) is 9.61. The number of aromatic amines is 1. The molecule has 158 valence electrons. The Balaban J connectivity index is 1.54. The number of carbonyl (C=O) groups excluding carboxylic acids is 2. The van der Waals surface area contributed by atoms with Crippen molar-refractivity contribution in [3.63, 3.8) is 0 Å². The molecule has 2 aromatic heterocycles. The minimum Gasteiger partial charge on any atom is -0.466 e. The molecule has 0 amide bonds. The normalized spacial score (nSPS) is 11.0. The molecule has 4 rings (SSSR count). The first-order chi connectivity index (χ1) is 15.2. The second-order valence-corrected chi connectivity index (χ2v) is 7.85. The highest BCUT2D eigenvalue weighted by Crippen LogP contribution is 2.23. The molecule has 8 heteroatoms. The molecule has 31 heavy (non-hydrogen) atoms. The Bertz CT molecular complexity index is 1200. The summed E-state index contributed by atoms with van der Waals surface area (Å²) in [7, 11) is 0. The number of fused-ring (bicyclic) bond motifs is 1. The van der Waals surface area contributed by atoms with E-state index in [-0.39, 0.29) is 23.9 Å². The summed E-state index contributed by atoms with van der Waals surface area (Å²) in [6.45, 7) is 2.59. The third kappa shape index (κ3) is 4.86. The zero-order valence-corrected chi connectivity index (χ0v) is 17.9. The molecule has 0 saturated carbocycles. The quantitative estimate of drug-likeness (QED) is 0.244. The van der Waals surface area contributed by atoms with Crippen molar-refractivity contribution in [1.82, 2.24) is 19.7 Å². The second-order valence-electron chi connectivity index (χ2n) is 6.91. The van der Waals surface area contributed by atoms with E-state index in [0.29, 0.717) is 29.7 Å². The highest BCUT2D eigenvalue weighted by atomic mass is 32.2. The number of esters is 1. The molecule has 0 unspecified atom stereocenters. The van der Waals surface area contributed by atoms with Gasteiger partial charge in [-0.1, -0.05) is 60.3 Å². The van der Waals surface area contributed by atoms with Crippen LogP contribution >= 0.6 is 11.8 Å². The minimum absolute atomic E-state index is 0.00338. The monoisotopic (exact) mass is 434 g/mol. The number of nitrogens with zero attached hydrogens (tertiary/aromatic N) is 3. The highest BCUT2D eigenvalue weighted by molar-refractivity contribution is 7.99. The van der Waals surface area contributed by atoms with Crippen LogP contribution in [0.15, 0.2) is 66.0 Å². The van der Waals surface area contributed by atoms with Crippen molar-refractivity contribution in [2.24, 2.45) is 0 Å². The van der Waals surface area contributed by atoms with Gasteiger partial charge in [-0.25, -0.2) is 0 Å². The Hall–Kier alpha value is -3.39. The van der Waals surface area contributed by atoms with Gasteiger partial charge in [0.2, 0.25) is 0 Å². The van der Waals surface area contributed by atoms with E-state index in [2.05, 4.69) is 15.2 Å². The van der Waals surface area contributed by atoms with Gasteiger partial charge in [0.15, 0.2) is 10.9 Å². The van der Waals surface area contributed by atoms with Gasteiger partial charge in [-0.2, -0.15) is 0 Å². The summed E-state index contributed by atoms with van der Waals surface area (Å²) in [5.74, 6) is 0.386. The molecule has 0 atom stereocenters. The van der Waals surface area contributed by atoms with Gasteiger partial charge >= 0.3 is 5.97 Å². The number of nitrogens with one attached hydrogen (secondary N) is 1. The van der Waals surface area contributed by atoms with Crippen LogP contribution in [0.1, 0.15) is 28.7 Å². The Morgan fingerprint density at radius 3 is 2.65 bits per heavy atom. The van der Waals surface area contributed by atoms with E-state index in [1.807, 2.05) is 59.2 Å². The number of ketones is 1. The summed E-state index contributed by atoms with van der Waals surface area (Å²) in [6, 6.07) is 17.6. The molecule has 0 radical (unpaired) electrons. The summed E-state index contributed by atoms with van der Waals surface area (Å²) in [4.78, 5) is 28.0. The zero-order valence-electron chi connectivity index (χ0n) is 17.1. The van der Waals surface area contributed by atoms with E-state index in [1.165, 1.54) is 11.8 Å². The number of Topliss-reactive ketones (excluding diaryl/α,β-unsaturated/α-hetero) is 1. The van der Waals surface area contributed by atoms with Gasteiger partial charge in [-0.3, -0.25) is 9.59 Å². The Labute approximate surface area is 183 Å². The first kappa shape index (κ1) is 20.9. The lowest BCUT2D eigenvalue weighted by molar-refractivity contribution is -0.142. The van der Waals surface area contributed by atoms with E-state index < -0.39 is 0 Å². The zero-order chi connectivity index (χ0) is 21.6. The van der Waals surface area contributed by atoms with Crippen LogP contribution < -0.4 is 0 Å². The van der Waals surface area contributed by atoms with E-state index in [9.17, 15) is 9.59 Å². The standard InChI is InChI=1S/C23H22N4O3S/c1-2-30-22(29)12-21-25-26-23(27(21)14-16-8-4-3-5-9-16)31-15-20(28)18-13-24-19-11-7-6-10-17(18)19/h3-11,13,24H,2,12,14-15H2,1H3. The lowest BCUT2D eigenvalue weighted by atomic mass is 10.1. The molecule has 0 spiro atoms. The van der Waals surface area contributed by atoms with E-state index >= 15 is 0 Å². The van der Waals surface area contributed by atoms with Crippen LogP contribution in [0.4, 0.5) is 0 Å². The summed E-state index contributed by atoms with van der Waals surface area (Å²) in [5, 5.41) is 9.95. The molecule has 7 nitrogen and oxygen atoms in total. The number of carbonyl (C=O) groups is 2. The summed E-state index contributed by atoms with van der Waals surface area (Å²) in [6.07, 6.45) is 1.78. The van der Waals surface area contributed by atoms with Gasteiger partial charge in [-0.15, -0.1) is 10.2 Å². The highest BCUT2D eigenvalue weighted by Gasteiger charge is 2.19. The molecular weight excluding hydrogens is 412 g/mol. The maximum Gasteiger partial charge on any atom is 0.313 e. The van der Waals surface area contributed by atoms with Crippen LogP contribution in [0.2, 0.25) is 0 Å². The van der Waals surface area contributed by atoms with Crippen LogP contribution in [0.25, 0.3) is 10.9 Å². The van der Waals surface area contributed by atoms with Crippen molar-refractivity contribution in [1.29, 1.82) is 0 Å². The largest absolute Gasteiger partial charge is 0.466 e. The summed E-state index contributed by atoms with van der Waals surface area (Å²) < 4.78 is 6.94. The van der Waals surface area contributed by atoms with Gasteiger partial charge in [0.1, 0.15) is 12.2 Å². The van der Waals surface area contributed by atoms with Crippen LogP contribution in [-0.4, -0.2) is 43.9 Å². The van der Waals surface area contributed by atoms with Crippen molar-refractivity contribution >= 4 is 34.4 Å². The molecule has 4 aromatic rings. The number of hydrogen-bond donors (Lipinski definition) is 1. The average molecular weight is 435 g/mol. The fourth-order valence-corrected chi connectivity index (χ4v) is 4.17. The SMILES string of the molecule is CCOC(=O)Cc1nnc(SCC(=O)c2c[nH]c3ccccc23)n1Cc1ccccc1. The topological polar surface area (TPSA) is 89.9 Å². The summed E-state index contributed by atoms with van der Waals surface area (Å²) >= 11 is 1.32. The maximum absolute atomic E-state index is 12.9. The Morgan fingerprint density at radius 2 is 1.84 bits per heavy atom. The molecule has 0 saturated heterocycles. The Morgan fingerprint density at radius 1 is 1.06 bits per heavy atom. The van der Waals surface area contributed by atoms with Gasteiger partial charge in [0.25, 0.3) is 0 Å². The van der Waals surface area contributed by atoms with E-state index in [1.54, 1.807) is 13.1 Å². The molecule has 0 aliphatic rings. The first-order valence-electron chi connectivity index (χ1n) is 9.99. The average Bonchev–Trinajstić information content (AvgIpc) is 3.37. The Kier molecular flexibility index (Phi) is 6.47. The van der Waals surface area contributed by atoms with Crippen LogP contribution in [0.3, 0.4) is 0 Å².